The van der Waals surface area contributed by atoms with E-state index in [0.717, 1.165) is 5.75 Å². The molecule has 0 bridgehead atoms. The highest BCUT2D eigenvalue weighted by atomic mass is 35.5. The van der Waals surface area contributed by atoms with Crippen molar-refractivity contribution >= 4 is 23.4 Å². The molecule has 0 aromatic heterocycles. The third-order valence-corrected chi connectivity index (χ3v) is 2.94. The molecule has 0 unspecified atom stereocenters. The highest BCUT2D eigenvalue weighted by molar-refractivity contribution is 7.98. The molecule has 0 fully saturated rings. The van der Waals surface area contributed by atoms with Gasteiger partial charge in [-0.2, -0.15) is 11.8 Å². The van der Waals surface area contributed by atoms with Gasteiger partial charge in [-0.15, -0.1) is 0 Å². The topological polar surface area (TPSA) is 26.0 Å². The summed E-state index contributed by atoms with van der Waals surface area (Å²) < 4.78 is 13.1. The molecule has 0 atom stereocenters. The predicted octanol–water partition coefficient (Wildman–Crippen LogP) is 2.67. The molecule has 1 rings (SSSR count). The molecular weight excluding hydrogens is 209 g/mol. The molecule has 0 aliphatic carbocycles. The average Bonchev–Trinajstić information content (AvgIpc) is 2.10. The van der Waals surface area contributed by atoms with Crippen LogP contribution < -0.4 is 5.73 Å². The lowest BCUT2D eigenvalue weighted by Gasteiger charge is -2.04. The molecule has 13 heavy (non-hydrogen) atoms. The quantitative estimate of drug-likeness (QED) is 0.788. The van der Waals surface area contributed by atoms with Crippen molar-refractivity contribution in [3.05, 3.63) is 34.6 Å². The summed E-state index contributed by atoms with van der Waals surface area (Å²) in [5.41, 5.74) is 5.89. The van der Waals surface area contributed by atoms with Crippen LogP contribution in [0.2, 0.25) is 5.02 Å². The maximum atomic E-state index is 13.1. The van der Waals surface area contributed by atoms with E-state index in [1.807, 2.05) is 0 Å². The predicted molar refractivity (Wildman–Crippen MR) is 56.6 cm³/mol. The number of thioether (sulfide) groups is 1. The normalized spacial score (nSPS) is 10.4. The van der Waals surface area contributed by atoms with Crippen molar-refractivity contribution < 1.29 is 4.39 Å². The smallest absolute Gasteiger partial charge is 0.128 e. The maximum Gasteiger partial charge on any atom is 0.128 e. The largest absolute Gasteiger partial charge is 0.330 e. The Morgan fingerprint density at radius 2 is 2.23 bits per heavy atom. The van der Waals surface area contributed by atoms with Crippen LogP contribution in [0.5, 0.6) is 0 Å². The molecule has 1 aromatic carbocycles. The summed E-state index contributed by atoms with van der Waals surface area (Å²) in [4.78, 5) is 0. The van der Waals surface area contributed by atoms with Gasteiger partial charge in [0.25, 0.3) is 0 Å². The Bertz CT molecular complexity index is 260. The van der Waals surface area contributed by atoms with Crippen LogP contribution in [0.25, 0.3) is 0 Å². The first-order valence-electron chi connectivity index (χ1n) is 3.96. The summed E-state index contributed by atoms with van der Waals surface area (Å²) in [6, 6.07) is 4.72. The first-order valence-corrected chi connectivity index (χ1v) is 5.49. The highest BCUT2D eigenvalue weighted by Gasteiger charge is 2.05. The van der Waals surface area contributed by atoms with E-state index in [9.17, 15) is 4.39 Å². The second kappa shape index (κ2) is 5.47. The minimum absolute atomic E-state index is 0.239. The van der Waals surface area contributed by atoms with Gasteiger partial charge < -0.3 is 5.73 Å². The van der Waals surface area contributed by atoms with Crippen molar-refractivity contribution in [2.75, 3.05) is 12.3 Å². The zero-order chi connectivity index (χ0) is 9.68. The van der Waals surface area contributed by atoms with Crippen LogP contribution in [0.15, 0.2) is 18.2 Å². The molecular formula is C9H11ClFNS. The van der Waals surface area contributed by atoms with E-state index in [2.05, 4.69) is 0 Å². The Kier molecular flexibility index (Phi) is 4.56. The van der Waals surface area contributed by atoms with E-state index in [0.29, 0.717) is 22.9 Å². The Labute approximate surface area is 86.5 Å². The van der Waals surface area contributed by atoms with Crippen LogP contribution in [0, 0.1) is 5.82 Å². The van der Waals surface area contributed by atoms with Crippen LogP contribution in [-0.4, -0.2) is 12.3 Å². The number of hydrogen-bond donors (Lipinski definition) is 1. The minimum Gasteiger partial charge on any atom is -0.330 e. The van der Waals surface area contributed by atoms with E-state index < -0.39 is 0 Å². The van der Waals surface area contributed by atoms with Crippen molar-refractivity contribution in [2.24, 2.45) is 5.73 Å². The summed E-state index contributed by atoms with van der Waals surface area (Å²) >= 11 is 7.41. The Morgan fingerprint density at radius 3 is 2.85 bits per heavy atom. The van der Waals surface area contributed by atoms with Gasteiger partial charge in [-0.25, -0.2) is 4.39 Å². The molecule has 0 saturated carbocycles. The van der Waals surface area contributed by atoms with Gasteiger partial charge in [0.15, 0.2) is 0 Å². The second-order valence-electron chi connectivity index (χ2n) is 2.54. The molecule has 2 N–H and O–H groups in total. The first kappa shape index (κ1) is 10.8. The molecule has 0 aliphatic rings. The number of benzene rings is 1. The van der Waals surface area contributed by atoms with Gasteiger partial charge in [0.05, 0.1) is 0 Å². The zero-order valence-electron chi connectivity index (χ0n) is 7.09. The second-order valence-corrected chi connectivity index (χ2v) is 4.05. The zero-order valence-corrected chi connectivity index (χ0v) is 8.67. The van der Waals surface area contributed by atoms with E-state index in [4.69, 9.17) is 17.3 Å². The summed E-state index contributed by atoms with van der Waals surface area (Å²) in [6.07, 6.45) is 0. The van der Waals surface area contributed by atoms with Crippen LogP contribution in [0.3, 0.4) is 0 Å². The summed E-state index contributed by atoms with van der Waals surface area (Å²) in [6.45, 7) is 0.608. The average molecular weight is 220 g/mol. The van der Waals surface area contributed by atoms with Crippen molar-refractivity contribution in [3.63, 3.8) is 0 Å². The molecule has 0 saturated heterocycles. The molecule has 1 nitrogen and oxygen atoms in total. The molecule has 0 spiro atoms. The van der Waals surface area contributed by atoms with Crippen LogP contribution in [0.1, 0.15) is 5.56 Å². The molecule has 1 aromatic rings. The lowest BCUT2D eigenvalue weighted by Crippen LogP contribution is -2.01. The van der Waals surface area contributed by atoms with Crippen molar-refractivity contribution in [1.29, 1.82) is 0 Å². The van der Waals surface area contributed by atoms with Crippen molar-refractivity contribution in [2.45, 2.75) is 5.75 Å². The van der Waals surface area contributed by atoms with Gasteiger partial charge in [0, 0.05) is 28.6 Å². The van der Waals surface area contributed by atoms with Gasteiger partial charge in [-0.3, -0.25) is 0 Å². The van der Waals surface area contributed by atoms with E-state index in [1.54, 1.807) is 23.9 Å². The van der Waals surface area contributed by atoms with Gasteiger partial charge in [-0.05, 0) is 12.1 Å². The lowest BCUT2D eigenvalue weighted by molar-refractivity contribution is 0.617. The number of halogens is 2. The third kappa shape index (κ3) is 3.18. The van der Waals surface area contributed by atoms with E-state index >= 15 is 0 Å². The Hall–Kier alpha value is -0.250. The highest BCUT2D eigenvalue weighted by Crippen LogP contribution is 2.23. The SMILES string of the molecule is NCCSCc1c(F)cccc1Cl. The van der Waals surface area contributed by atoms with Crippen LogP contribution in [-0.2, 0) is 5.75 Å². The first-order chi connectivity index (χ1) is 6.25. The van der Waals surface area contributed by atoms with E-state index in [-0.39, 0.29) is 5.82 Å². The molecule has 0 aliphatic heterocycles. The molecule has 0 heterocycles. The monoisotopic (exact) mass is 219 g/mol. The molecule has 0 radical (unpaired) electrons. The van der Waals surface area contributed by atoms with E-state index in [1.165, 1.54) is 6.07 Å². The van der Waals surface area contributed by atoms with Crippen molar-refractivity contribution in [1.82, 2.24) is 0 Å². The fraction of sp³-hybridized carbons (Fsp3) is 0.333. The standard InChI is InChI=1S/C9H11ClFNS/c10-8-2-1-3-9(11)7(8)6-13-5-4-12/h1-3H,4-6,12H2. The van der Waals surface area contributed by atoms with Gasteiger partial charge >= 0.3 is 0 Å². The van der Waals surface area contributed by atoms with Crippen molar-refractivity contribution in [3.8, 4) is 0 Å². The summed E-state index contributed by atoms with van der Waals surface area (Å²) in [7, 11) is 0. The maximum absolute atomic E-state index is 13.1. The fourth-order valence-electron chi connectivity index (χ4n) is 0.928. The summed E-state index contributed by atoms with van der Waals surface area (Å²) in [5.74, 6) is 1.17. The molecule has 0 amide bonds. The fourth-order valence-corrected chi connectivity index (χ4v) is 2.05. The minimum atomic E-state index is -0.239. The third-order valence-electron chi connectivity index (χ3n) is 1.57. The van der Waals surface area contributed by atoms with Gasteiger partial charge in [0.2, 0.25) is 0 Å². The Balaban J connectivity index is 2.64. The Morgan fingerprint density at radius 1 is 1.46 bits per heavy atom. The molecule has 72 valence electrons. The number of rotatable bonds is 4. The number of nitrogens with two attached hydrogens (primary N) is 1. The van der Waals surface area contributed by atoms with Crippen LogP contribution >= 0.6 is 23.4 Å². The summed E-state index contributed by atoms with van der Waals surface area (Å²) in [5, 5.41) is 0.490. The van der Waals surface area contributed by atoms with Gasteiger partial charge in [-0.1, -0.05) is 17.7 Å². The van der Waals surface area contributed by atoms with Gasteiger partial charge in [0.1, 0.15) is 5.82 Å². The van der Waals surface area contributed by atoms with Crippen LogP contribution in [0.4, 0.5) is 4.39 Å². The molecule has 4 heteroatoms. The lowest BCUT2D eigenvalue weighted by atomic mass is 10.2. The number of hydrogen-bond acceptors (Lipinski definition) is 2.